The lowest BCUT2D eigenvalue weighted by Crippen LogP contribution is -2.29. The molecule has 1 amide bonds. The van der Waals surface area contributed by atoms with E-state index >= 15 is 0 Å². The van der Waals surface area contributed by atoms with Crippen molar-refractivity contribution in [3.05, 3.63) is 105 Å². The number of nitrogens with one attached hydrogen (secondary N) is 3. The molecule has 20 nitrogen and oxygen atoms in total. The normalized spacial score (nSPS) is 14.2. The van der Waals surface area contributed by atoms with Gasteiger partial charge in [-0.2, -0.15) is 57.5 Å². The second-order valence-electron chi connectivity index (χ2n) is 11.6. The summed E-state index contributed by atoms with van der Waals surface area (Å²) in [6.07, 6.45) is -0.964. The second-order valence-corrected chi connectivity index (χ2v) is 17.6. The molecule has 0 bridgehead atoms. The third kappa shape index (κ3) is 8.40. The number of anilines is 4. The average Bonchev–Trinajstić information content (AvgIpc) is 3.10. The van der Waals surface area contributed by atoms with Gasteiger partial charge in [0, 0.05) is 22.0 Å². The van der Waals surface area contributed by atoms with Crippen molar-refractivity contribution < 1.29 is 70.3 Å². The predicted octanol–water partition coefficient (Wildman–Crippen LogP) is 4.19. The van der Waals surface area contributed by atoms with E-state index in [-0.39, 0.29) is 11.3 Å². The standard InChI is InChI=1S/C31H19ClF2N6O14S4/c32-24-28(33)37-31(34)38-29(24)35-15-4-1-3-13(9-15)30(42)36-20-12-16(55(43,44)45)10-14-11-22(57(49,50)51)25(26(41)23(14)20)40-39-19-8-7-17-18(27(19)58(52,53)54)5-2-6-21(17)56(46,47)48/h1-12,39H,(H,36,42)(H,35,37,38)(H,43,44,45)(H,46,47,48)(H,49,50,51)(H,52,53,54)/b40-25+. The van der Waals surface area contributed by atoms with Crippen LogP contribution in [-0.4, -0.2) is 79.3 Å². The van der Waals surface area contributed by atoms with Gasteiger partial charge in [0.05, 0.1) is 21.8 Å². The highest BCUT2D eigenvalue weighted by molar-refractivity contribution is 7.91. The molecule has 7 N–H and O–H groups in total. The number of amides is 1. The molecule has 0 unspecified atom stereocenters. The Hall–Kier alpha value is -5.84. The number of hydrogen-bond donors (Lipinski definition) is 7. The minimum absolute atomic E-state index is 0.0368. The molecular weight excluding hydrogens is 882 g/mol. The summed E-state index contributed by atoms with van der Waals surface area (Å²) in [4.78, 5) is 29.6. The van der Waals surface area contributed by atoms with Crippen LogP contribution in [-0.2, 0) is 40.5 Å². The molecule has 1 aliphatic carbocycles. The van der Waals surface area contributed by atoms with E-state index in [0.717, 1.165) is 36.4 Å². The van der Waals surface area contributed by atoms with E-state index in [1.54, 1.807) is 0 Å². The smallest absolute Gasteiger partial charge is 0.313 e. The molecule has 1 aliphatic rings. The number of rotatable bonds is 10. The molecule has 4 aromatic carbocycles. The number of nitrogens with zero attached hydrogens (tertiary/aromatic N) is 3. The van der Waals surface area contributed by atoms with E-state index in [1.807, 2.05) is 0 Å². The first kappa shape index (κ1) is 41.8. The van der Waals surface area contributed by atoms with E-state index in [0.29, 0.717) is 18.2 Å². The van der Waals surface area contributed by atoms with Crippen molar-refractivity contribution in [2.45, 2.75) is 14.7 Å². The molecule has 6 rings (SSSR count). The summed E-state index contributed by atoms with van der Waals surface area (Å²) in [6, 6.07) is 10.8. The van der Waals surface area contributed by atoms with Crippen molar-refractivity contribution in [3.63, 3.8) is 0 Å². The fourth-order valence-corrected chi connectivity index (χ4v) is 8.44. The van der Waals surface area contributed by atoms with Gasteiger partial charge >= 0.3 is 6.08 Å². The van der Waals surface area contributed by atoms with Crippen LogP contribution in [0.3, 0.4) is 0 Å². The van der Waals surface area contributed by atoms with Crippen LogP contribution in [0.25, 0.3) is 16.8 Å². The summed E-state index contributed by atoms with van der Waals surface area (Å²) in [6.45, 7) is 0. The third-order valence-corrected chi connectivity index (χ3v) is 11.8. The molecule has 58 heavy (non-hydrogen) atoms. The van der Waals surface area contributed by atoms with Gasteiger partial charge in [-0.1, -0.05) is 35.9 Å². The first-order valence-electron chi connectivity index (χ1n) is 15.2. The highest BCUT2D eigenvalue weighted by Gasteiger charge is 2.36. The Morgan fingerprint density at radius 3 is 2.09 bits per heavy atom. The van der Waals surface area contributed by atoms with Crippen LogP contribution in [0.1, 0.15) is 26.3 Å². The molecule has 5 aromatic rings. The number of aromatic nitrogens is 2. The summed E-state index contributed by atoms with van der Waals surface area (Å²) < 4.78 is 166. The zero-order valence-electron chi connectivity index (χ0n) is 27.9. The van der Waals surface area contributed by atoms with Gasteiger partial charge in [0.25, 0.3) is 46.4 Å². The van der Waals surface area contributed by atoms with Crippen LogP contribution in [0.2, 0.25) is 5.02 Å². The lowest BCUT2D eigenvalue weighted by molar-refractivity contribution is 0.102. The highest BCUT2D eigenvalue weighted by atomic mass is 35.5. The zero-order valence-corrected chi connectivity index (χ0v) is 31.9. The molecule has 1 aromatic heterocycles. The fourth-order valence-electron chi connectivity index (χ4n) is 5.55. The Morgan fingerprint density at radius 1 is 0.759 bits per heavy atom. The lowest BCUT2D eigenvalue weighted by Gasteiger charge is -2.21. The number of ketones is 1. The van der Waals surface area contributed by atoms with Gasteiger partial charge < -0.3 is 10.6 Å². The molecule has 1 heterocycles. The van der Waals surface area contributed by atoms with Crippen molar-refractivity contribution in [1.29, 1.82) is 0 Å². The van der Waals surface area contributed by atoms with Gasteiger partial charge in [0.2, 0.25) is 11.7 Å². The number of hydrogen-bond acceptors (Lipinski definition) is 15. The second kappa shape index (κ2) is 14.8. The maximum absolute atomic E-state index is 14.1. The quantitative estimate of drug-likeness (QED) is 0.0447. The predicted molar refractivity (Wildman–Crippen MR) is 199 cm³/mol. The molecule has 0 radical (unpaired) electrons. The molecule has 0 saturated heterocycles. The maximum Gasteiger partial charge on any atom is 0.313 e. The summed E-state index contributed by atoms with van der Waals surface area (Å²) in [5.41, 5.74) is -2.20. The van der Waals surface area contributed by atoms with Crippen LogP contribution in [0.5, 0.6) is 0 Å². The zero-order chi connectivity index (χ0) is 42.7. The minimum atomic E-state index is -5.48. The number of fused-ring (bicyclic) bond motifs is 2. The van der Waals surface area contributed by atoms with Crippen molar-refractivity contribution >= 4 is 109 Å². The number of carbonyl (C=O) groups excluding carboxylic acids is 2. The molecule has 302 valence electrons. The molecule has 27 heteroatoms. The Balaban J connectivity index is 1.46. The maximum atomic E-state index is 14.1. The number of halogens is 3. The van der Waals surface area contributed by atoms with Gasteiger partial charge in [0.1, 0.15) is 19.7 Å². The Kier molecular flexibility index (Phi) is 10.7. The van der Waals surface area contributed by atoms with Crippen LogP contribution in [0, 0.1) is 12.0 Å². The van der Waals surface area contributed by atoms with Gasteiger partial charge in [0.15, 0.2) is 11.5 Å². The topological polar surface area (TPSA) is 326 Å². The third-order valence-electron chi connectivity index (χ3n) is 7.90. The first-order chi connectivity index (χ1) is 26.8. The number of Topliss-reactive ketones (excluding diaryl/α,β-unsaturated/α-hetero) is 1. The number of benzene rings is 4. The Morgan fingerprint density at radius 2 is 1.45 bits per heavy atom. The van der Waals surface area contributed by atoms with Crippen molar-refractivity contribution in [1.82, 2.24) is 9.97 Å². The van der Waals surface area contributed by atoms with Gasteiger partial charge in [-0.25, -0.2) is 0 Å². The number of allylic oxidation sites excluding steroid dienone is 1. The minimum Gasteiger partial charge on any atom is -0.339 e. The number of carbonyl (C=O) groups is 2. The number of hydrazone groups is 1. The first-order valence-corrected chi connectivity index (χ1v) is 21.3. The molecular formula is C31H19ClF2N6O14S4. The van der Waals surface area contributed by atoms with Crippen LogP contribution >= 0.6 is 11.6 Å². The summed E-state index contributed by atoms with van der Waals surface area (Å²) in [7, 11) is -20.9. The largest absolute Gasteiger partial charge is 0.339 e. The van der Waals surface area contributed by atoms with E-state index in [1.165, 1.54) is 18.2 Å². The fraction of sp³-hybridized carbons (Fsp3) is 0. The van der Waals surface area contributed by atoms with E-state index < -0.39 is 134 Å². The molecule has 0 saturated carbocycles. The van der Waals surface area contributed by atoms with E-state index in [2.05, 4.69) is 31.1 Å². The molecule has 0 spiro atoms. The van der Waals surface area contributed by atoms with Crippen LogP contribution in [0.4, 0.5) is 31.7 Å². The highest BCUT2D eigenvalue weighted by Crippen LogP contribution is 2.36. The average molecular weight is 901 g/mol. The van der Waals surface area contributed by atoms with Crippen LogP contribution < -0.4 is 16.1 Å². The SMILES string of the molecule is O=C(Nc1cc(S(=O)(=O)O)cc2c1C(=O)/C(=N/Nc1ccc3c(S(=O)(=O)O)cccc3c1S(=O)(=O)O)C(S(=O)(=O)O)=C2)c1cccc(Nc2nc(F)nc(F)c2Cl)c1. The Labute approximate surface area is 329 Å². The van der Waals surface area contributed by atoms with Crippen LogP contribution in [0.15, 0.2) is 91.4 Å². The van der Waals surface area contributed by atoms with Gasteiger partial charge in [-0.3, -0.25) is 33.2 Å². The van der Waals surface area contributed by atoms with Crippen molar-refractivity contribution in [2.75, 3.05) is 16.1 Å². The van der Waals surface area contributed by atoms with E-state index in [9.17, 15) is 70.3 Å². The van der Waals surface area contributed by atoms with Crippen molar-refractivity contribution in [3.8, 4) is 0 Å². The summed E-state index contributed by atoms with van der Waals surface area (Å²) in [5, 5.41) is 6.73. The molecule has 0 aliphatic heterocycles. The molecule has 0 fully saturated rings. The Bertz CT molecular complexity index is 3180. The monoisotopic (exact) mass is 900 g/mol. The lowest BCUT2D eigenvalue weighted by atomic mass is 9.92. The summed E-state index contributed by atoms with van der Waals surface area (Å²) >= 11 is 5.79. The van der Waals surface area contributed by atoms with Gasteiger partial charge in [-0.05, 0) is 54.1 Å². The summed E-state index contributed by atoms with van der Waals surface area (Å²) in [5.74, 6) is -4.54. The van der Waals surface area contributed by atoms with E-state index in [4.69, 9.17) is 11.6 Å². The van der Waals surface area contributed by atoms with Crippen molar-refractivity contribution in [2.24, 2.45) is 5.10 Å². The van der Waals surface area contributed by atoms with Gasteiger partial charge in [-0.15, -0.1) is 0 Å². The molecule has 0 atom stereocenters.